The molecule has 1 unspecified atom stereocenters. The first-order valence-electron chi connectivity index (χ1n) is 8.45. The molecule has 0 aliphatic carbocycles. The molecule has 1 atom stereocenters. The first-order valence-corrected chi connectivity index (χ1v) is 8.45. The maximum Gasteiger partial charge on any atom is 0.100 e. The molecule has 0 spiro atoms. The predicted octanol–water partition coefficient (Wildman–Crippen LogP) is 4.97. The van der Waals surface area contributed by atoms with Crippen LogP contribution in [0.1, 0.15) is 78.1 Å². The minimum atomic E-state index is 0.625. The molecular formula is C17H34N2. The summed E-state index contributed by atoms with van der Waals surface area (Å²) in [6, 6.07) is 0. The molecule has 0 aromatic rings. The Kier molecular flexibility index (Phi) is 8.77. The molecule has 0 saturated carbocycles. The number of unbranched alkanes of at least 4 members (excludes halogenated alkanes) is 7. The van der Waals surface area contributed by atoms with Crippen LogP contribution in [0.4, 0.5) is 0 Å². The van der Waals surface area contributed by atoms with Crippen molar-refractivity contribution in [3.8, 4) is 0 Å². The lowest BCUT2D eigenvalue weighted by atomic mass is 10.1. The van der Waals surface area contributed by atoms with Crippen molar-refractivity contribution in [3.63, 3.8) is 0 Å². The highest BCUT2D eigenvalue weighted by atomic mass is 15.4. The second-order valence-corrected chi connectivity index (χ2v) is 5.95. The molecule has 1 heterocycles. The quantitative estimate of drug-likeness (QED) is 0.487. The summed E-state index contributed by atoms with van der Waals surface area (Å²) >= 11 is 0. The Morgan fingerprint density at radius 3 is 2.11 bits per heavy atom. The third-order valence-corrected chi connectivity index (χ3v) is 4.18. The van der Waals surface area contributed by atoms with E-state index in [-0.39, 0.29) is 0 Å². The van der Waals surface area contributed by atoms with Gasteiger partial charge >= 0.3 is 0 Å². The molecule has 19 heavy (non-hydrogen) atoms. The first kappa shape index (κ1) is 16.4. The van der Waals surface area contributed by atoms with E-state index in [9.17, 15) is 0 Å². The average Bonchev–Trinajstić information content (AvgIpc) is 2.76. The van der Waals surface area contributed by atoms with E-state index in [0.717, 1.165) is 0 Å². The highest BCUT2D eigenvalue weighted by Crippen LogP contribution is 2.20. The molecule has 1 rings (SSSR count). The lowest BCUT2D eigenvalue weighted by Crippen LogP contribution is -2.36. The Hall–Kier alpha value is -0.660. The van der Waals surface area contributed by atoms with Crippen LogP contribution in [0.3, 0.4) is 0 Å². The van der Waals surface area contributed by atoms with Gasteiger partial charge in [0, 0.05) is 26.0 Å². The van der Waals surface area contributed by atoms with Gasteiger partial charge in [-0.15, -0.1) is 0 Å². The van der Waals surface area contributed by atoms with Gasteiger partial charge in [0.1, 0.15) is 6.17 Å². The minimum Gasteiger partial charge on any atom is -0.359 e. The molecule has 1 aliphatic heterocycles. The maximum atomic E-state index is 2.54. The van der Waals surface area contributed by atoms with Gasteiger partial charge in [0.2, 0.25) is 0 Å². The monoisotopic (exact) mass is 266 g/mol. The van der Waals surface area contributed by atoms with Gasteiger partial charge in [-0.3, -0.25) is 0 Å². The smallest absolute Gasteiger partial charge is 0.100 e. The normalized spacial score (nSPS) is 18.6. The van der Waals surface area contributed by atoms with Gasteiger partial charge in [0.05, 0.1) is 0 Å². The van der Waals surface area contributed by atoms with Gasteiger partial charge in [-0.25, -0.2) is 0 Å². The molecule has 0 bridgehead atoms. The molecule has 0 aromatic carbocycles. The lowest BCUT2D eigenvalue weighted by molar-refractivity contribution is 0.160. The summed E-state index contributed by atoms with van der Waals surface area (Å²) in [6.45, 7) is 5.80. The fourth-order valence-corrected chi connectivity index (χ4v) is 2.85. The van der Waals surface area contributed by atoms with E-state index in [1.54, 1.807) is 0 Å². The number of hydrogen-bond acceptors (Lipinski definition) is 2. The maximum absolute atomic E-state index is 2.54. The molecule has 0 fully saturated rings. The van der Waals surface area contributed by atoms with Crippen LogP contribution in [-0.4, -0.2) is 29.6 Å². The number of nitrogens with zero attached hydrogens (tertiary/aromatic N) is 2. The summed E-state index contributed by atoms with van der Waals surface area (Å²) < 4.78 is 0. The molecule has 0 aromatic heterocycles. The molecule has 2 nitrogen and oxygen atoms in total. The van der Waals surface area contributed by atoms with Crippen molar-refractivity contribution < 1.29 is 0 Å². The summed E-state index contributed by atoms with van der Waals surface area (Å²) in [5.74, 6) is 0. The summed E-state index contributed by atoms with van der Waals surface area (Å²) in [5, 5.41) is 0. The van der Waals surface area contributed by atoms with E-state index in [2.05, 4.69) is 43.1 Å². The van der Waals surface area contributed by atoms with Crippen molar-refractivity contribution >= 4 is 0 Å². The topological polar surface area (TPSA) is 6.48 Å². The van der Waals surface area contributed by atoms with Crippen LogP contribution in [0, 0.1) is 0 Å². The molecule has 112 valence electrons. The Morgan fingerprint density at radius 2 is 1.42 bits per heavy atom. The van der Waals surface area contributed by atoms with E-state index >= 15 is 0 Å². The summed E-state index contributed by atoms with van der Waals surface area (Å²) in [4.78, 5) is 4.92. The van der Waals surface area contributed by atoms with Crippen LogP contribution >= 0.6 is 0 Å². The summed E-state index contributed by atoms with van der Waals surface area (Å²) in [6.07, 6.45) is 18.9. The largest absolute Gasteiger partial charge is 0.359 e. The van der Waals surface area contributed by atoms with Gasteiger partial charge in [0.15, 0.2) is 0 Å². The molecule has 0 N–H and O–H groups in total. The average molecular weight is 266 g/mol. The highest BCUT2D eigenvalue weighted by Gasteiger charge is 2.21. The SMILES string of the molecule is CCCCCCCCCN1C=CN(C)C1CCCC. The lowest BCUT2D eigenvalue weighted by Gasteiger charge is -2.30. The van der Waals surface area contributed by atoms with Crippen molar-refractivity contribution in [1.29, 1.82) is 0 Å². The summed E-state index contributed by atoms with van der Waals surface area (Å²) in [5.41, 5.74) is 0. The fraction of sp³-hybridized carbons (Fsp3) is 0.882. The Morgan fingerprint density at radius 1 is 0.789 bits per heavy atom. The van der Waals surface area contributed by atoms with Crippen LogP contribution in [0.15, 0.2) is 12.4 Å². The van der Waals surface area contributed by atoms with Crippen molar-refractivity contribution in [2.45, 2.75) is 84.2 Å². The number of rotatable bonds is 11. The van der Waals surface area contributed by atoms with Crippen LogP contribution in [0.5, 0.6) is 0 Å². The second-order valence-electron chi connectivity index (χ2n) is 5.95. The van der Waals surface area contributed by atoms with Crippen LogP contribution < -0.4 is 0 Å². The second kappa shape index (κ2) is 10.2. The van der Waals surface area contributed by atoms with Crippen molar-refractivity contribution in [3.05, 3.63) is 12.4 Å². The Bertz CT molecular complexity index is 237. The number of hydrogen-bond donors (Lipinski definition) is 0. The standard InChI is InChI=1S/C17H34N2/c1-4-6-8-9-10-11-12-14-19-16-15-18(3)17(19)13-7-5-2/h15-17H,4-14H2,1-3H3. The first-order chi connectivity index (χ1) is 9.29. The fourth-order valence-electron chi connectivity index (χ4n) is 2.85. The third kappa shape index (κ3) is 6.35. The van der Waals surface area contributed by atoms with Crippen molar-refractivity contribution in [2.75, 3.05) is 13.6 Å². The van der Waals surface area contributed by atoms with E-state index in [0.29, 0.717) is 6.17 Å². The van der Waals surface area contributed by atoms with Crippen molar-refractivity contribution in [2.24, 2.45) is 0 Å². The summed E-state index contributed by atoms with van der Waals surface area (Å²) in [7, 11) is 2.21. The zero-order valence-corrected chi connectivity index (χ0v) is 13.4. The van der Waals surface area contributed by atoms with E-state index in [4.69, 9.17) is 0 Å². The molecule has 0 radical (unpaired) electrons. The van der Waals surface area contributed by atoms with Crippen molar-refractivity contribution in [1.82, 2.24) is 9.80 Å². The van der Waals surface area contributed by atoms with Crippen LogP contribution in [0.25, 0.3) is 0 Å². The molecular weight excluding hydrogens is 232 g/mol. The van der Waals surface area contributed by atoms with Gasteiger partial charge in [-0.1, -0.05) is 58.8 Å². The van der Waals surface area contributed by atoms with E-state index < -0.39 is 0 Å². The molecule has 2 heteroatoms. The van der Waals surface area contributed by atoms with Crippen LogP contribution in [0.2, 0.25) is 0 Å². The molecule has 0 saturated heterocycles. The zero-order valence-electron chi connectivity index (χ0n) is 13.4. The molecule has 1 aliphatic rings. The van der Waals surface area contributed by atoms with Crippen LogP contribution in [-0.2, 0) is 0 Å². The third-order valence-electron chi connectivity index (χ3n) is 4.18. The van der Waals surface area contributed by atoms with Gasteiger partial charge < -0.3 is 9.80 Å². The predicted molar refractivity (Wildman–Crippen MR) is 84.9 cm³/mol. The van der Waals surface area contributed by atoms with Gasteiger partial charge in [-0.2, -0.15) is 0 Å². The van der Waals surface area contributed by atoms with E-state index in [1.165, 1.54) is 70.8 Å². The zero-order chi connectivity index (χ0) is 13.9. The molecule has 0 amide bonds. The van der Waals surface area contributed by atoms with E-state index in [1.807, 2.05) is 0 Å². The Balaban J connectivity index is 2.08. The van der Waals surface area contributed by atoms with Gasteiger partial charge in [0.25, 0.3) is 0 Å². The highest BCUT2D eigenvalue weighted by molar-refractivity contribution is 4.95. The Labute approximate surface area is 120 Å². The van der Waals surface area contributed by atoms with Gasteiger partial charge in [-0.05, 0) is 19.3 Å². The minimum absolute atomic E-state index is 0.625.